The Hall–Kier alpha value is -4.42. The van der Waals surface area contributed by atoms with Crippen molar-refractivity contribution in [3.05, 3.63) is 132 Å². The van der Waals surface area contributed by atoms with E-state index in [0.717, 1.165) is 45.7 Å². The van der Waals surface area contributed by atoms with Crippen molar-refractivity contribution in [1.82, 2.24) is 0 Å². The summed E-state index contributed by atoms with van der Waals surface area (Å²) in [5.41, 5.74) is 3.82. The molecule has 7 heteroatoms. The lowest BCUT2D eigenvalue weighted by Crippen LogP contribution is -2.26. The number of aromatic carboxylic acids is 2. The fraction of sp³-hybridized carbons (Fsp3) is 0.222. The van der Waals surface area contributed by atoms with Gasteiger partial charge < -0.3 is 14.9 Å². The van der Waals surface area contributed by atoms with Crippen LogP contribution >= 0.6 is 11.6 Å². The van der Waals surface area contributed by atoms with Gasteiger partial charge in [-0.25, -0.2) is 14.0 Å². The second-order valence-electron chi connectivity index (χ2n) is 11.2. The number of rotatable bonds is 8. The molecule has 2 aliphatic rings. The summed E-state index contributed by atoms with van der Waals surface area (Å²) in [5, 5.41) is 24.6. The van der Waals surface area contributed by atoms with Gasteiger partial charge in [-0.05, 0) is 118 Å². The molecule has 0 bridgehead atoms. The minimum Gasteiger partial charge on any atom is -0.494 e. The van der Waals surface area contributed by atoms with Gasteiger partial charge in [0.15, 0.2) is 11.6 Å². The van der Waals surface area contributed by atoms with E-state index in [1.54, 1.807) is 6.07 Å². The van der Waals surface area contributed by atoms with E-state index < -0.39 is 11.9 Å². The van der Waals surface area contributed by atoms with Crippen molar-refractivity contribution < 1.29 is 28.9 Å². The number of fused-ring (bicyclic) bond motifs is 4. The van der Waals surface area contributed by atoms with Gasteiger partial charge in [-0.1, -0.05) is 54.1 Å². The van der Waals surface area contributed by atoms with Crippen LogP contribution in [0.15, 0.2) is 66.7 Å². The van der Waals surface area contributed by atoms with Gasteiger partial charge in [0.25, 0.3) is 0 Å². The van der Waals surface area contributed by atoms with E-state index in [-0.39, 0.29) is 34.5 Å². The zero-order chi connectivity index (χ0) is 30.2. The van der Waals surface area contributed by atoms with Crippen LogP contribution in [-0.2, 0) is 19.3 Å². The maximum Gasteiger partial charge on any atom is 0.335 e. The molecule has 43 heavy (non-hydrogen) atoms. The predicted molar refractivity (Wildman–Crippen MR) is 164 cm³/mol. The Labute approximate surface area is 252 Å². The summed E-state index contributed by atoms with van der Waals surface area (Å²) in [4.78, 5) is 23.9. The lowest BCUT2D eigenvalue weighted by Gasteiger charge is -2.26. The number of hydrogen-bond acceptors (Lipinski definition) is 3. The Morgan fingerprint density at radius 1 is 0.930 bits per heavy atom. The average molecular weight is 597 g/mol. The standard InChI is InChI=1S/C36H30ClFO5/c1-43-33-14-7-20(17-32(33)38)5-8-23-18-24-19-25(37)10-13-26(24)28-12-9-22-15-21(6-11-27(22)34(23)28)16-31-29(35(39)40)3-2-4-30(31)36(41)42/h2-4,7,9-10,12-15,17-19,21,23H,5-6,8,11,16H2,1H3,(H,39,40)(H,41,42). The van der Waals surface area contributed by atoms with Crippen LogP contribution in [0.2, 0.25) is 5.02 Å². The third kappa shape index (κ3) is 5.55. The molecule has 2 N–H and O–H groups in total. The van der Waals surface area contributed by atoms with Gasteiger partial charge in [0.1, 0.15) is 0 Å². The van der Waals surface area contributed by atoms with Crippen LogP contribution in [0.25, 0.3) is 12.2 Å². The highest BCUT2D eigenvalue weighted by atomic mass is 35.5. The fourth-order valence-corrected chi connectivity index (χ4v) is 6.89. The number of benzene rings is 4. The van der Waals surface area contributed by atoms with Crippen molar-refractivity contribution in [2.24, 2.45) is 5.92 Å². The number of methoxy groups -OCH3 is 1. The lowest BCUT2D eigenvalue weighted by atomic mass is 9.78. The van der Waals surface area contributed by atoms with Crippen molar-refractivity contribution in [2.45, 2.75) is 38.0 Å². The number of aryl methyl sites for hydroxylation is 1. The molecule has 0 saturated heterocycles. The van der Waals surface area contributed by atoms with E-state index in [1.807, 2.05) is 18.2 Å². The molecule has 0 aromatic heterocycles. The second kappa shape index (κ2) is 11.7. The zero-order valence-electron chi connectivity index (χ0n) is 23.6. The third-order valence-electron chi connectivity index (χ3n) is 8.69. The monoisotopic (exact) mass is 596 g/mol. The molecule has 0 fully saturated rings. The summed E-state index contributed by atoms with van der Waals surface area (Å²) < 4.78 is 19.5. The topological polar surface area (TPSA) is 83.8 Å². The lowest BCUT2D eigenvalue weighted by molar-refractivity contribution is 0.0695. The number of carbonyl (C=O) groups is 2. The number of carboxylic acids is 2. The molecule has 0 spiro atoms. The summed E-state index contributed by atoms with van der Waals surface area (Å²) >= 11 is 6.38. The van der Waals surface area contributed by atoms with Gasteiger partial charge in [-0.2, -0.15) is 0 Å². The SMILES string of the molecule is COc1ccc(CCC2C=c3cc(Cl)ccc3=c3ccc4c(c32)CCC(Cc2c(C(=O)O)cccc2C(=O)O)C=4)cc1F. The highest BCUT2D eigenvalue weighted by Crippen LogP contribution is 2.33. The number of ether oxygens (including phenoxy) is 1. The quantitative estimate of drug-likeness (QED) is 0.251. The molecular weight excluding hydrogens is 567 g/mol. The minimum atomic E-state index is -1.13. The molecule has 0 amide bonds. The first-order valence-corrected chi connectivity index (χ1v) is 14.7. The van der Waals surface area contributed by atoms with Crippen molar-refractivity contribution in [3.8, 4) is 5.75 Å². The van der Waals surface area contributed by atoms with Crippen molar-refractivity contribution in [1.29, 1.82) is 0 Å². The normalized spacial score (nSPS) is 16.6. The first-order chi connectivity index (χ1) is 20.7. The second-order valence-corrected chi connectivity index (χ2v) is 11.7. The third-order valence-corrected chi connectivity index (χ3v) is 8.93. The van der Waals surface area contributed by atoms with E-state index in [0.29, 0.717) is 23.4 Å². The van der Waals surface area contributed by atoms with E-state index >= 15 is 0 Å². The average Bonchev–Trinajstić information content (AvgIpc) is 2.99. The number of halogens is 2. The van der Waals surface area contributed by atoms with Gasteiger partial charge in [-0.3, -0.25) is 0 Å². The summed E-state index contributed by atoms with van der Waals surface area (Å²) in [6.07, 6.45) is 7.76. The summed E-state index contributed by atoms with van der Waals surface area (Å²) in [6.45, 7) is 0. The van der Waals surface area contributed by atoms with E-state index in [1.165, 1.54) is 42.5 Å². The van der Waals surface area contributed by atoms with Crippen LogP contribution in [0, 0.1) is 22.2 Å². The molecule has 0 heterocycles. The molecule has 0 saturated carbocycles. The molecule has 2 unspecified atom stereocenters. The summed E-state index contributed by atoms with van der Waals surface area (Å²) in [6, 6.07) is 19.7. The van der Waals surface area contributed by atoms with Gasteiger partial charge in [-0.15, -0.1) is 0 Å². The van der Waals surface area contributed by atoms with E-state index in [4.69, 9.17) is 16.3 Å². The maximum absolute atomic E-state index is 14.4. The van der Waals surface area contributed by atoms with Gasteiger partial charge in [0.2, 0.25) is 0 Å². The van der Waals surface area contributed by atoms with Crippen molar-refractivity contribution >= 4 is 35.7 Å². The van der Waals surface area contributed by atoms with E-state index in [2.05, 4.69) is 30.4 Å². The van der Waals surface area contributed by atoms with Crippen LogP contribution in [0.4, 0.5) is 4.39 Å². The minimum absolute atomic E-state index is 0.0106. The Bertz CT molecular complexity index is 1970. The summed E-state index contributed by atoms with van der Waals surface area (Å²) in [7, 11) is 1.45. The molecule has 2 aliphatic carbocycles. The first-order valence-electron chi connectivity index (χ1n) is 14.3. The molecule has 218 valence electrons. The van der Waals surface area contributed by atoms with Crippen LogP contribution < -0.4 is 15.2 Å². The first kappa shape index (κ1) is 28.7. The van der Waals surface area contributed by atoms with Gasteiger partial charge in [0.05, 0.1) is 18.2 Å². The van der Waals surface area contributed by atoms with Crippen LogP contribution in [0.1, 0.15) is 61.7 Å². The van der Waals surface area contributed by atoms with Gasteiger partial charge in [0, 0.05) is 10.9 Å². The smallest absolute Gasteiger partial charge is 0.335 e. The molecule has 6 rings (SSSR count). The molecule has 0 radical (unpaired) electrons. The Kier molecular flexibility index (Phi) is 7.80. The Morgan fingerprint density at radius 2 is 1.67 bits per heavy atom. The maximum atomic E-state index is 14.4. The molecule has 5 nitrogen and oxygen atoms in total. The number of carboxylic acid groups (broad SMARTS) is 2. The van der Waals surface area contributed by atoms with E-state index in [9.17, 15) is 24.2 Å². The highest BCUT2D eigenvalue weighted by Gasteiger charge is 2.25. The largest absolute Gasteiger partial charge is 0.494 e. The molecule has 4 aromatic rings. The Morgan fingerprint density at radius 3 is 2.37 bits per heavy atom. The fourth-order valence-electron chi connectivity index (χ4n) is 6.70. The van der Waals surface area contributed by atoms with Crippen LogP contribution in [0.3, 0.4) is 0 Å². The highest BCUT2D eigenvalue weighted by molar-refractivity contribution is 6.30. The predicted octanol–water partition coefficient (Wildman–Crippen LogP) is 6.27. The zero-order valence-corrected chi connectivity index (χ0v) is 24.3. The van der Waals surface area contributed by atoms with Crippen molar-refractivity contribution in [2.75, 3.05) is 7.11 Å². The number of hydrogen-bond donors (Lipinski definition) is 2. The molecule has 4 aromatic carbocycles. The van der Waals surface area contributed by atoms with Gasteiger partial charge >= 0.3 is 11.9 Å². The van der Waals surface area contributed by atoms with Crippen LogP contribution in [-0.4, -0.2) is 29.3 Å². The summed E-state index contributed by atoms with van der Waals surface area (Å²) in [5.74, 6) is -2.34. The van der Waals surface area contributed by atoms with Crippen LogP contribution in [0.5, 0.6) is 5.75 Å². The molecule has 2 atom stereocenters. The van der Waals surface area contributed by atoms with Crippen molar-refractivity contribution in [3.63, 3.8) is 0 Å². The molecule has 0 aliphatic heterocycles. The molecular formula is C36H30ClFO5. The Balaban J connectivity index is 1.42.